The Balaban J connectivity index is 0.00000134. The molecule has 1 amide bonds. The number of allylic oxidation sites excluding steroid dienone is 3. The van der Waals surface area contributed by atoms with E-state index in [9.17, 15) is 9.90 Å². The third-order valence-corrected chi connectivity index (χ3v) is 14.5. The van der Waals surface area contributed by atoms with Gasteiger partial charge in [0.1, 0.15) is 0 Å². The van der Waals surface area contributed by atoms with Gasteiger partial charge in [-0.25, -0.2) is 0 Å². The van der Waals surface area contributed by atoms with E-state index in [0.29, 0.717) is 47.6 Å². The topological polar surface area (TPSA) is 52.6 Å². The van der Waals surface area contributed by atoms with Crippen molar-refractivity contribution in [2.45, 2.75) is 113 Å². The molecule has 256 valence electrons. The first-order valence-corrected chi connectivity index (χ1v) is 18.9. The predicted molar refractivity (Wildman–Crippen MR) is 193 cm³/mol. The molecule has 0 radical (unpaired) electrons. The van der Waals surface area contributed by atoms with Gasteiger partial charge in [-0.15, -0.1) is 6.58 Å². The third-order valence-electron chi connectivity index (χ3n) is 14.5. The number of nitrogens with one attached hydrogen (secondary N) is 1. The summed E-state index contributed by atoms with van der Waals surface area (Å²) in [7, 11) is 0. The van der Waals surface area contributed by atoms with Crippen LogP contribution in [0.25, 0.3) is 5.57 Å². The first kappa shape index (κ1) is 35.4. The monoisotopic (exact) mass is 631 g/mol. The summed E-state index contributed by atoms with van der Waals surface area (Å²) in [5, 5.41) is 12.8. The molecule has 8 unspecified atom stereocenters. The number of amides is 1. The van der Waals surface area contributed by atoms with E-state index in [2.05, 4.69) is 88.7 Å². The van der Waals surface area contributed by atoms with Crippen LogP contribution in [0.3, 0.4) is 0 Å². The highest BCUT2D eigenvalue weighted by molar-refractivity contribution is 5.83. The van der Waals surface area contributed by atoms with E-state index < -0.39 is 0 Å². The van der Waals surface area contributed by atoms with Crippen LogP contribution >= 0.6 is 0 Å². The van der Waals surface area contributed by atoms with Gasteiger partial charge in [0.15, 0.2) is 0 Å². The molecule has 5 aliphatic carbocycles. The number of nitrogens with zero attached hydrogens (tertiary/aromatic N) is 1. The van der Waals surface area contributed by atoms with E-state index >= 15 is 0 Å². The number of aryl methyl sites for hydroxylation is 1. The molecule has 0 saturated heterocycles. The maximum absolute atomic E-state index is 14.0. The summed E-state index contributed by atoms with van der Waals surface area (Å²) in [6.07, 6.45) is 16.8. The average molecular weight is 631 g/mol. The van der Waals surface area contributed by atoms with Crippen LogP contribution in [-0.2, 0) is 4.79 Å². The Morgan fingerprint density at radius 2 is 1.67 bits per heavy atom. The molecule has 4 saturated carbocycles. The minimum Gasteiger partial charge on any atom is -0.395 e. The van der Waals surface area contributed by atoms with Crippen LogP contribution in [0.2, 0.25) is 0 Å². The molecule has 0 aromatic heterocycles. The molecule has 2 N–H and O–H groups in total. The largest absolute Gasteiger partial charge is 0.395 e. The second-order valence-corrected chi connectivity index (χ2v) is 16.9. The Hall–Kier alpha value is -1.91. The molecule has 8 atom stereocenters. The summed E-state index contributed by atoms with van der Waals surface area (Å²) in [6.45, 7) is 23.3. The Morgan fingerprint density at radius 3 is 2.35 bits per heavy atom. The Bertz CT molecular complexity index is 1250. The number of carbonyl (C=O) groups is 1. The molecular formula is C42H66N2O2. The summed E-state index contributed by atoms with van der Waals surface area (Å²) >= 11 is 0. The summed E-state index contributed by atoms with van der Waals surface area (Å²) in [5.74, 6) is 3.86. The number of carbonyl (C=O) groups excluding carboxylic acids is 1. The highest BCUT2D eigenvalue weighted by Crippen LogP contribution is 2.73. The molecule has 6 rings (SSSR count). The summed E-state index contributed by atoms with van der Waals surface area (Å²) in [5.41, 5.74) is 5.10. The van der Waals surface area contributed by atoms with Crippen LogP contribution in [0.15, 0.2) is 43.0 Å². The van der Waals surface area contributed by atoms with Crippen LogP contribution in [0.1, 0.15) is 117 Å². The molecule has 0 spiro atoms. The SMILES string of the molecule is C=CC.CCN(CCO)CCNC(=O)C12CCCC1C1CCC3C(C)(CCC4C(C)(C)C(c5ccc(C)cc5)=CCC43C)C1CC2. The molecule has 4 fully saturated rings. The number of benzene rings is 1. The lowest BCUT2D eigenvalue weighted by Gasteiger charge is -2.68. The van der Waals surface area contributed by atoms with Gasteiger partial charge < -0.3 is 10.4 Å². The standard InChI is InChI=1S/C39H60N2O2.C3H6/c1-7-41(25-26-42)24-23-40-35(43)39-19-8-9-32(39)29-14-15-34-37(5,31(29)17-22-39)21-18-33-36(3,4)30(16-20-38(33,34)6)28-12-10-27(2)11-13-28;1-3-2/h10-13,16,29,31-34,42H,7-9,14-15,17-26H2,1-6H3,(H,40,43);3H,1H2,2H3. The maximum atomic E-state index is 14.0. The molecule has 5 aliphatic rings. The molecular weight excluding hydrogens is 564 g/mol. The van der Waals surface area contributed by atoms with Crippen LogP contribution in [0.5, 0.6) is 0 Å². The third kappa shape index (κ3) is 5.97. The zero-order valence-electron chi connectivity index (χ0n) is 30.5. The van der Waals surface area contributed by atoms with Gasteiger partial charge in [-0.2, -0.15) is 0 Å². The van der Waals surface area contributed by atoms with Crippen molar-refractivity contribution >= 4 is 11.5 Å². The minimum atomic E-state index is -0.141. The van der Waals surface area contributed by atoms with Crippen LogP contribution < -0.4 is 5.32 Å². The van der Waals surface area contributed by atoms with Gasteiger partial charge in [0, 0.05) is 19.6 Å². The van der Waals surface area contributed by atoms with Crippen molar-refractivity contribution in [1.29, 1.82) is 0 Å². The average Bonchev–Trinajstić information content (AvgIpc) is 3.47. The van der Waals surface area contributed by atoms with Crippen molar-refractivity contribution in [1.82, 2.24) is 10.2 Å². The molecule has 0 heterocycles. The first-order chi connectivity index (χ1) is 21.9. The van der Waals surface area contributed by atoms with Crippen LogP contribution in [-0.4, -0.2) is 48.7 Å². The number of aliphatic hydroxyl groups is 1. The summed E-state index contributed by atoms with van der Waals surface area (Å²) < 4.78 is 0. The van der Waals surface area contributed by atoms with Crippen molar-refractivity contribution in [3.05, 3.63) is 54.1 Å². The predicted octanol–water partition coefficient (Wildman–Crippen LogP) is 9.08. The quantitative estimate of drug-likeness (QED) is 0.282. The number of hydrogen-bond acceptors (Lipinski definition) is 3. The minimum absolute atomic E-state index is 0.141. The second-order valence-electron chi connectivity index (χ2n) is 16.9. The summed E-state index contributed by atoms with van der Waals surface area (Å²) in [4.78, 5) is 16.2. The van der Waals surface area contributed by atoms with E-state index in [4.69, 9.17) is 0 Å². The molecule has 4 heteroatoms. The molecule has 1 aromatic carbocycles. The Kier molecular flexibility index (Phi) is 10.7. The zero-order chi connectivity index (χ0) is 33.3. The lowest BCUT2D eigenvalue weighted by atomic mass is 9.36. The fraction of sp³-hybridized carbons (Fsp3) is 0.738. The number of fused-ring (bicyclic) bond motifs is 7. The molecule has 1 aromatic rings. The van der Waals surface area contributed by atoms with E-state index in [1.54, 1.807) is 11.6 Å². The van der Waals surface area contributed by atoms with Crippen molar-refractivity contribution in [3.63, 3.8) is 0 Å². The van der Waals surface area contributed by atoms with E-state index in [1.807, 2.05) is 6.92 Å². The summed E-state index contributed by atoms with van der Waals surface area (Å²) in [6, 6.07) is 9.26. The van der Waals surface area contributed by atoms with Gasteiger partial charge >= 0.3 is 0 Å². The smallest absolute Gasteiger partial charge is 0.226 e. The number of rotatable bonds is 8. The number of hydrogen-bond donors (Lipinski definition) is 2. The molecule has 4 nitrogen and oxygen atoms in total. The van der Waals surface area contributed by atoms with Crippen molar-refractivity contribution in [2.24, 2.45) is 51.2 Å². The van der Waals surface area contributed by atoms with Gasteiger partial charge in [0.2, 0.25) is 5.91 Å². The fourth-order valence-electron chi connectivity index (χ4n) is 12.5. The number of aliphatic hydroxyl groups excluding tert-OH is 1. The normalized spacial score (nSPS) is 37.4. The zero-order valence-corrected chi connectivity index (χ0v) is 30.5. The van der Waals surface area contributed by atoms with Gasteiger partial charge in [0.25, 0.3) is 0 Å². The molecule has 46 heavy (non-hydrogen) atoms. The van der Waals surface area contributed by atoms with Gasteiger partial charge in [-0.3, -0.25) is 9.69 Å². The van der Waals surface area contributed by atoms with Gasteiger partial charge in [-0.05, 0) is 135 Å². The van der Waals surface area contributed by atoms with E-state index in [1.165, 1.54) is 62.5 Å². The lowest BCUT2D eigenvalue weighted by Crippen LogP contribution is -2.62. The molecule has 0 bridgehead atoms. The first-order valence-electron chi connectivity index (χ1n) is 18.9. The van der Waals surface area contributed by atoms with E-state index in [0.717, 1.165) is 37.8 Å². The fourth-order valence-corrected chi connectivity index (χ4v) is 12.5. The van der Waals surface area contributed by atoms with Crippen LogP contribution in [0, 0.1) is 58.2 Å². The van der Waals surface area contributed by atoms with Gasteiger partial charge in [-0.1, -0.05) is 83.0 Å². The lowest BCUT2D eigenvalue weighted by molar-refractivity contribution is -0.181. The van der Waals surface area contributed by atoms with Crippen molar-refractivity contribution in [2.75, 3.05) is 32.8 Å². The maximum Gasteiger partial charge on any atom is 0.226 e. The highest BCUT2D eigenvalue weighted by Gasteiger charge is 2.66. The Morgan fingerprint density at radius 1 is 0.957 bits per heavy atom. The Labute approximate surface area is 281 Å². The van der Waals surface area contributed by atoms with Gasteiger partial charge in [0.05, 0.1) is 12.0 Å². The second kappa shape index (κ2) is 13.9. The number of likely N-dealkylation sites (N-methyl/N-ethyl adjacent to an activating group) is 1. The van der Waals surface area contributed by atoms with E-state index in [-0.39, 0.29) is 17.4 Å². The van der Waals surface area contributed by atoms with Crippen LogP contribution in [0.4, 0.5) is 0 Å². The molecule has 0 aliphatic heterocycles. The van der Waals surface area contributed by atoms with Crippen molar-refractivity contribution in [3.8, 4) is 0 Å². The highest BCUT2D eigenvalue weighted by atomic mass is 16.3. The van der Waals surface area contributed by atoms with Crippen molar-refractivity contribution < 1.29 is 9.90 Å².